The van der Waals surface area contributed by atoms with Crippen molar-refractivity contribution in [1.29, 1.82) is 0 Å². The summed E-state index contributed by atoms with van der Waals surface area (Å²) >= 11 is 1.65. The molecule has 2 amide bonds. The number of fused-ring (bicyclic) bond motifs is 1. The van der Waals surface area contributed by atoms with Crippen LogP contribution in [-0.2, 0) is 16.0 Å². The average molecular weight is 381 g/mol. The normalized spacial score (nSPS) is 25.8. The van der Waals surface area contributed by atoms with Gasteiger partial charge >= 0.3 is 0 Å². The number of carbonyl (C=O) groups excluding carboxylic acids is 2. The molecule has 8 nitrogen and oxygen atoms in total. The third-order valence-corrected chi connectivity index (χ3v) is 6.14. The summed E-state index contributed by atoms with van der Waals surface area (Å²) < 4.78 is -0.261. The van der Waals surface area contributed by atoms with Crippen LogP contribution in [0.1, 0.15) is 31.3 Å². The van der Waals surface area contributed by atoms with Crippen molar-refractivity contribution in [3.8, 4) is 0 Å². The van der Waals surface area contributed by atoms with E-state index in [1.807, 2.05) is 44.2 Å². The van der Waals surface area contributed by atoms with Gasteiger partial charge in [0.2, 0.25) is 11.8 Å². The summed E-state index contributed by atoms with van der Waals surface area (Å²) in [5.74, 6) is 0.257. The number of β-lactam (4-membered cyclic amide) rings is 1. The van der Waals surface area contributed by atoms with Crippen molar-refractivity contribution in [2.75, 3.05) is 0 Å². The molecule has 26 heavy (non-hydrogen) atoms. The van der Waals surface area contributed by atoms with Crippen molar-refractivity contribution in [3.05, 3.63) is 41.7 Å². The zero-order valence-electron chi connectivity index (χ0n) is 14.8. The topological polar surface area (TPSA) is 104 Å². The monoisotopic (exact) mass is 381 g/mol. The molecule has 10 heteroatoms. The van der Waals surface area contributed by atoms with Gasteiger partial charge in [-0.15, -0.1) is 22.0 Å². The van der Waals surface area contributed by atoms with Crippen LogP contribution in [0.15, 0.2) is 30.3 Å². The van der Waals surface area contributed by atoms with E-state index in [1.54, 1.807) is 16.7 Å². The van der Waals surface area contributed by atoms with Gasteiger partial charge in [-0.25, -0.2) is 0 Å². The molecule has 2 fully saturated rings. The first-order chi connectivity index (χ1) is 12.0. The van der Waals surface area contributed by atoms with E-state index in [0.717, 1.165) is 5.56 Å². The summed E-state index contributed by atoms with van der Waals surface area (Å²) in [5.41, 5.74) is 0.924. The molecular weight excluding hydrogens is 363 g/mol. The summed E-state index contributed by atoms with van der Waals surface area (Å²) in [6.45, 7) is 4.10. The summed E-state index contributed by atoms with van der Waals surface area (Å²) in [4.78, 5) is 26.7. The zero-order valence-corrected chi connectivity index (χ0v) is 17.7. The molecule has 0 bridgehead atoms. The second-order valence-corrected chi connectivity index (χ2v) is 8.51. The predicted molar refractivity (Wildman–Crippen MR) is 97.1 cm³/mol. The minimum absolute atomic E-state index is 0. The minimum atomic E-state index is -0.502. The van der Waals surface area contributed by atoms with Gasteiger partial charge in [0.05, 0.1) is 6.42 Å². The van der Waals surface area contributed by atoms with Gasteiger partial charge in [0.15, 0.2) is 5.82 Å². The molecule has 2 saturated heterocycles. The van der Waals surface area contributed by atoms with Gasteiger partial charge < -0.3 is 10.2 Å². The molecule has 1 aromatic heterocycles. The van der Waals surface area contributed by atoms with Crippen molar-refractivity contribution in [2.45, 2.75) is 42.5 Å². The molecule has 0 aliphatic carbocycles. The number of nitrogens with zero attached hydrogens (tertiary/aromatic N) is 4. The molecule has 3 heterocycles. The van der Waals surface area contributed by atoms with E-state index >= 15 is 0 Å². The number of hydrogen-bond acceptors (Lipinski definition) is 6. The Morgan fingerprint density at radius 2 is 2.08 bits per heavy atom. The molecule has 2 N–H and O–H groups in total. The first kappa shape index (κ1) is 19.3. The largest absolute Gasteiger partial charge is 0.341 e. The van der Waals surface area contributed by atoms with Crippen molar-refractivity contribution < 1.29 is 9.59 Å². The summed E-state index contributed by atoms with van der Waals surface area (Å²) in [6, 6.07) is 8.73. The number of carbonyl (C=O) groups is 2. The van der Waals surface area contributed by atoms with E-state index in [-0.39, 0.29) is 64.0 Å². The van der Waals surface area contributed by atoms with Gasteiger partial charge in [-0.1, -0.05) is 35.5 Å². The number of aromatic amines is 1. The third kappa shape index (κ3) is 3.28. The Bertz CT molecular complexity index is 800. The quantitative estimate of drug-likeness (QED) is 0.582. The number of nitrogens with one attached hydrogen (secondary N) is 2. The molecular formula is C16H18N6NaO2S. The summed E-state index contributed by atoms with van der Waals surface area (Å²) in [5, 5.41) is 16.9. The fraction of sp³-hybridized carbons (Fsp3) is 0.438. The van der Waals surface area contributed by atoms with E-state index < -0.39 is 6.04 Å². The van der Waals surface area contributed by atoms with Crippen LogP contribution < -0.4 is 5.32 Å². The zero-order chi connectivity index (χ0) is 17.6. The van der Waals surface area contributed by atoms with Crippen molar-refractivity contribution in [2.24, 2.45) is 0 Å². The fourth-order valence-corrected chi connectivity index (χ4v) is 5.09. The van der Waals surface area contributed by atoms with Crippen LogP contribution in [0.5, 0.6) is 0 Å². The summed E-state index contributed by atoms with van der Waals surface area (Å²) in [6.07, 6.45) is 0.264. The smallest absolute Gasteiger partial charge is 0.249 e. The van der Waals surface area contributed by atoms with E-state index in [2.05, 4.69) is 25.9 Å². The van der Waals surface area contributed by atoms with Crippen molar-refractivity contribution in [1.82, 2.24) is 30.8 Å². The minimum Gasteiger partial charge on any atom is -0.341 e. The predicted octanol–water partition coefficient (Wildman–Crippen LogP) is 0.281. The Labute approximate surface area is 177 Å². The van der Waals surface area contributed by atoms with Crippen LogP contribution in [0.2, 0.25) is 0 Å². The first-order valence-corrected chi connectivity index (χ1v) is 8.92. The van der Waals surface area contributed by atoms with Crippen LogP contribution in [-0.4, -0.2) is 83.1 Å². The number of tetrazole rings is 1. The van der Waals surface area contributed by atoms with Crippen LogP contribution in [0.4, 0.5) is 0 Å². The summed E-state index contributed by atoms with van der Waals surface area (Å²) in [7, 11) is 0. The van der Waals surface area contributed by atoms with E-state index in [9.17, 15) is 9.59 Å². The molecule has 4 rings (SSSR count). The molecule has 2 aromatic rings. The average Bonchev–Trinajstić information content (AvgIpc) is 3.18. The van der Waals surface area contributed by atoms with E-state index in [0.29, 0.717) is 5.82 Å². The van der Waals surface area contributed by atoms with Crippen molar-refractivity contribution in [3.63, 3.8) is 0 Å². The Hall–Kier alpha value is -1.42. The Morgan fingerprint density at radius 1 is 1.35 bits per heavy atom. The van der Waals surface area contributed by atoms with Gasteiger partial charge in [0, 0.05) is 34.3 Å². The van der Waals surface area contributed by atoms with E-state index in [4.69, 9.17) is 0 Å². The standard InChI is InChI=1S/C16H18N6O2S.Na/c1-16(2)12(13-18-20-21-19-13)22-14(24)11(15(22)25-16)17-10(23)8-9-6-4-3-5-7-9;/h3-7,11-12,15H,8H2,1-2H3,(H,17,23)(H,18,19,20,21);/t11?,12?,15-;/m1./s1. The fourth-order valence-electron chi connectivity index (χ4n) is 3.46. The molecule has 2 unspecified atom stereocenters. The molecule has 1 aromatic carbocycles. The molecule has 0 saturated carbocycles. The Balaban J connectivity index is 0.00000196. The number of benzene rings is 1. The Kier molecular flexibility index (Phi) is 5.43. The second-order valence-electron chi connectivity index (χ2n) is 6.74. The van der Waals surface area contributed by atoms with Gasteiger partial charge in [-0.3, -0.25) is 9.59 Å². The first-order valence-electron chi connectivity index (χ1n) is 8.04. The molecule has 2 aliphatic heterocycles. The third-order valence-electron chi connectivity index (χ3n) is 4.57. The molecule has 0 spiro atoms. The molecule has 2 aliphatic rings. The SMILES string of the molecule is CC1(C)S[C@@H]2C(NC(=O)Cc3ccccc3)C(=O)N2C1c1nn[nH]n1.[Na]. The van der Waals surface area contributed by atoms with Crippen LogP contribution in [0.3, 0.4) is 0 Å². The second kappa shape index (κ2) is 7.30. The molecule has 1 radical (unpaired) electrons. The Morgan fingerprint density at radius 3 is 2.73 bits per heavy atom. The maximum atomic E-state index is 12.6. The maximum absolute atomic E-state index is 12.6. The number of rotatable bonds is 4. The number of aromatic nitrogens is 4. The number of thioether (sulfide) groups is 1. The molecule has 131 valence electrons. The number of hydrogen-bond donors (Lipinski definition) is 2. The van der Waals surface area contributed by atoms with Crippen LogP contribution in [0.25, 0.3) is 0 Å². The van der Waals surface area contributed by atoms with Crippen LogP contribution in [0, 0.1) is 0 Å². The van der Waals surface area contributed by atoms with Gasteiger partial charge in [0.25, 0.3) is 0 Å². The van der Waals surface area contributed by atoms with Gasteiger partial charge in [-0.05, 0) is 19.4 Å². The van der Waals surface area contributed by atoms with Gasteiger partial charge in [0.1, 0.15) is 17.5 Å². The van der Waals surface area contributed by atoms with Crippen LogP contribution >= 0.6 is 11.8 Å². The maximum Gasteiger partial charge on any atom is 0.249 e. The van der Waals surface area contributed by atoms with Crippen molar-refractivity contribution >= 4 is 53.1 Å². The molecule has 3 atom stereocenters. The number of amides is 2. The van der Waals surface area contributed by atoms with E-state index in [1.165, 1.54) is 0 Å². The number of H-pyrrole nitrogens is 1. The van der Waals surface area contributed by atoms with Gasteiger partial charge in [-0.2, -0.15) is 5.21 Å².